The van der Waals surface area contributed by atoms with E-state index >= 15 is 0 Å². The van der Waals surface area contributed by atoms with Gasteiger partial charge in [-0.25, -0.2) is 9.97 Å². The predicted molar refractivity (Wildman–Crippen MR) is 83.5 cm³/mol. The molecular formula is C16H18F2N4O2. The topological polar surface area (TPSA) is 73.5 Å². The van der Waals surface area contributed by atoms with Crippen molar-refractivity contribution in [1.29, 1.82) is 0 Å². The minimum atomic E-state index is -2.82. The SMILES string of the molecule is Nc1ccnc(CN2CCO[C@@H](c3ccc(OC(F)F)cc3)C2)n1. The second kappa shape index (κ2) is 7.50. The van der Waals surface area contributed by atoms with Crippen LogP contribution in [0.1, 0.15) is 17.5 Å². The van der Waals surface area contributed by atoms with Crippen molar-refractivity contribution in [2.45, 2.75) is 19.3 Å². The molecule has 1 fully saturated rings. The maximum absolute atomic E-state index is 12.2. The van der Waals surface area contributed by atoms with Gasteiger partial charge in [0.05, 0.1) is 19.3 Å². The highest BCUT2D eigenvalue weighted by Gasteiger charge is 2.22. The Hall–Kier alpha value is -2.32. The van der Waals surface area contributed by atoms with E-state index in [9.17, 15) is 8.78 Å². The van der Waals surface area contributed by atoms with Crippen LogP contribution in [-0.2, 0) is 11.3 Å². The molecule has 1 aliphatic rings. The lowest BCUT2D eigenvalue weighted by Crippen LogP contribution is -2.38. The van der Waals surface area contributed by atoms with Crippen molar-refractivity contribution < 1.29 is 18.3 Å². The maximum Gasteiger partial charge on any atom is 0.387 e. The number of aromatic nitrogens is 2. The molecule has 6 nitrogen and oxygen atoms in total. The summed E-state index contributed by atoms with van der Waals surface area (Å²) in [7, 11) is 0. The molecule has 24 heavy (non-hydrogen) atoms. The monoisotopic (exact) mass is 336 g/mol. The molecule has 2 N–H and O–H groups in total. The van der Waals surface area contributed by atoms with Crippen LogP contribution in [0, 0.1) is 0 Å². The molecule has 1 aliphatic heterocycles. The number of morpholine rings is 1. The van der Waals surface area contributed by atoms with E-state index in [4.69, 9.17) is 10.5 Å². The van der Waals surface area contributed by atoms with E-state index in [2.05, 4.69) is 19.6 Å². The molecule has 2 heterocycles. The Morgan fingerprint density at radius 3 is 2.79 bits per heavy atom. The van der Waals surface area contributed by atoms with Crippen molar-refractivity contribution in [3.63, 3.8) is 0 Å². The van der Waals surface area contributed by atoms with Gasteiger partial charge in [-0.15, -0.1) is 0 Å². The molecule has 1 aromatic heterocycles. The molecule has 0 amide bonds. The summed E-state index contributed by atoms with van der Waals surface area (Å²) in [5.74, 6) is 1.24. The number of benzene rings is 1. The molecule has 0 spiro atoms. The Balaban J connectivity index is 1.62. The number of halogens is 2. The second-order valence-corrected chi connectivity index (χ2v) is 5.44. The highest BCUT2D eigenvalue weighted by molar-refractivity contribution is 5.29. The number of nitrogen functional groups attached to an aromatic ring is 1. The van der Waals surface area contributed by atoms with Gasteiger partial charge in [0.1, 0.15) is 17.4 Å². The van der Waals surface area contributed by atoms with Crippen molar-refractivity contribution in [3.05, 3.63) is 47.9 Å². The molecule has 128 valence electrons. The number of nitrogens with two attached hydrogens (primary N) is 1. The van der Waals surface area contributed by atoms with Crippen molar-refractivity contribution in [2.75, 3.05) is 25.4 Å². The first-order valence-corrected chi connectivity index (χ1v) is 7.56. The Bertz CT molecular complexity index is 669. The number of hydrogen-bond acceptors (Lipinski definition) is 6. The lowest BCUT2D eigenvalue weighted by atomic mass is 10.1. The highest BCUT2D eigenvalue weighted by atomic mass is 19.3. The summed E-state index contributed by atoms with van der Waals surface area (Å²) in [5.41, 5.74) is 6.58. The van der Waals surface area contributed by atoms with Crippen LogP contribution in [0.15, 0.2) is 36.5 Å². The van der Waals surface area contributed by atoms with Gasteiger partial charge in [-0.05, 0) is 23.8 Å². The minimum Gasteiger partial charge on any atom is -0.435 e. The molecule has 0 aliphatic carbocycles. The van der Waals surface area contributed by atoms with Gasteiger partial charge in [0.25, 0.3) is 0 Å². The molecule has 3 rings (SSSR count). The summed E-state index contributed by atoms with van der Waals surface area (Å²) < 4.78 is 34.5. The lowest BCUT2D eigenvalue weighted by molar-refractivity contribution is -0.0500. The van der Waals surface area contributed by atoms with Gasteiger partial charge in [0.2, 0.25) is 0 Å². The largest absolute Gasteiger partial charge is 0.435 e. The van der Waals surface area contributed by atoms with Crippen molar-refractivity contribution >= 4 is 5.82 Å². The van der Waals surface area contributed by atoms with E-state index < -0.39 is 6.61 Å². The van der Waals surface area contributed by atoms with E-state index in [1.54, 1.807) is 24.4 Å². The second-order valence-electron chi connectivity index (χ2n) is 5.44. The van der Waals surface area contributed by atoms with Crippen LogP contribution in [0.2, 0.25) is 0 Å². The summed E-state index contributed by atoms with van der Waals surface area (Å²) in [4.78, 5) is 10.6. The number of ether oxygens (including phenoxy) is 2. The fourth-order valence-electron chi connectivity index (χ4n) is 2.60. The first kappa shape index (κ1) is 16.5. The number of rotatable bonds is 5. The molecule has 1 aromatic carbocycles. The minimum absolute atomic E-state index is 0.134. The van der Waals surface area contributed by atoms with Crippen molar-refractivity contribution in [3.8, 4) is 5.75 Å². The fourth-order valence-corrected chi connectivity index (χ4v) is 2.60. The van der Waals surface area contributed by atoms with Gasteiger partial charge in [-0.1, -0.05) is 12.1 Å². The van der Waals surface area contributed by atoms with Crippen LogP contribution in [0.25, 0.3) is 0 Å². The van der Waals surface area contributed by atoms with Crippen LogP contribution in [0.5, 0.6) is 5.75 Å². The fraction of sp³-hybridized carbons (Fsp3) is 0.375. The summed E-state index contributed by atoms with van der Waals surface area (Å²) in [6.07, 6.45) is 1.50. The Morgan fingerprint density at radius 2 is 2.08 bits per heavy atom. The zero-order valence-corrected chi connectivity index (χ0v) is 12.9. The van der Waals surface area contributed by atoms with E-state index in [-0.39, 0.29) is 11.9 Å². The summed E-state index contributed by atoms with van der Waals surface area (Å²) >= 11 is 0. The Morgan fingerprint density at radius 1 is 1.29 bits per heavy atom. The van der Waals surface area contributed by atoms with Gasteiger partial charge < -0.3 is 15.2 Å². The number of alkyl halides is 2. The van der Waals surface area contributed by atoms with Gasteiger partial charge in [-0.2, -0.15) is 8.78 Å². The third-order valence-electron chi connectivity index (χ3n) is 3.72. The van der Waals surface area contributed by atoms with E-state index in [0.29, 0.717) is 31.3 Å². The highest BCUT2D eigenvalue weighted by Crippen LogP contribution is 2.25. The predicted octanol–water partition coefficient (Wildman–Crippen LogP) is 2.23. The maximum atomic E-state index is 12.2. The van der Waals surface area contributed by atoms with E-state index in [1.807, 2.05) is 0 Å². The summed E-state index contributed by atoms with van der Waals surface area (Å²) in [6, 6.07) is 8.16. The Labute approximate surface area is 138 Å². The average Bonchev–Trinajstić information content (AvgIpc) is 2.55. The van der Waals surface area contributed by atoms with Crippen LogP contribution in [0.4, 0.5) is 14.6 Å². The lowest BCUT2D eigenvalue weighted by Gasteiger charge is -2.32. The molecule has 0 saturated carbocycles. The standard InChI is InChI=1S/C16H18F2N4O2/c17-16(18)24-12-3-1-11(2-4-12)13-9-22(7-8-23-13)10-15-20-6-5-14(19)21-15/h1-6,13,16H,7-10H2,(H2,19,20,21)/t13-/m1/s1. The molecule has 2 aromatic rings. The summed E-state index contributed by atoms with van der Waals surface area (Å²) in [5, 5.41) is 0. The Kier molecular flexibility index (Phi) is 5.17. The third-order valence-corrected chi connectivity index (χ3v) is 3.72. The molecular weight excluding hydrogens is 318 g/mol. The van der Waals surface area contributed by atoms with Gasteiger partial charge in [0, 0.05) is 19.3 Å². The van der Waals surface area contributed by atoms with E-state index in [1.165, 1.54) is 12.1 Å². The number of nitrogens with zero attached hydrogens (tertiary/aromatic N) is 3. The van der Waals surface area contributed by atoms with Crippen LogP contribution in [0.3, 0.4) is 0 Å². The first-order valence-electron chi connectivity index (χ1n) is 7.56. The van der Waals surface area contributed by atoms with Crippen LogP contribution in [-0.4, -0.2) is 41.2 Å². The molecule has 1 saturated heterocycles. The van der Waals surface area contributed by atoms with Crippen molar-refractivity contribution in [2.24, 2.45) is 0 Å². The molecule has 0 unspecified atom stereocenters. The molecule has 8 heteroatoms. The normalized spacial score (nSPS) is 18.7. The zero-order valence-electron chi connectivity index (χ0n) is 12.9. The quantitative estimate of drug-likeness (QED) is 0.903. The first-order chi connectivity index (χ1) is 11.6. The number of anilines is 1. The van der Waals surface area contributed by atoms with Gasteiger partial charge >= 0.3 is 6.61 Å². The zero-order chi connectivity index (χ0) is 16.9. The van der Waals surface area contributed by atoms with Crippen LogP contribution >= 0.6 is 0 Å². The van der Waals surface area contributed by atoms with Gasteiger partial charge in [-0.3, -0.25) is 4.90 Å². The molecule has 1 atom stereocenters. The van der Waals surface area contributed by atoms with Crippen LogP contribution < -0.4 is 10.5 Å². The van der Waals surface area contributed by atoms with Gasteiger partial charge in [0.15, 0.2) is 0 Å². The summed E-state index contributed by atoms with van der Waals surface area (Å²) in [6.45, 7) is -0.246. The molecule has 0 bridgehead atoms. The van der Waals surface area contributed by atoms with E-state index in [0.717, 1.165) is 12.1 Å². The smallest absolute Gasteiger partial charge is 0.387 e. The molecule has 0 radical (unpaired) electrons. The van der Waals surface area contributed by atoms with Crippen molar-refractivity contribution in [1.82, 2.24) is 14.9 Å². The third kappa shape index (κ3) is 4.36. The number of hydrogen-bond donors (Lipinski definition) is 1. The average molecular weight is 336 g/mol.